The first kappa shape index (κ1) is 22.4. The zero-order valence-corrected chi connectivity index (χ0v) is 18.9. The lowest BCUT2D eigenvalue weighted by Gasteiger charge is -2.32. The van der Waals surface area contributed by atoms with Crippen LogP contribution in [0.25, 0.3) is 0 Å². The third-order valence-corrected chi connectivity index (χ3v) is 7.28. The molecule has 4 amide bonds. The van der Waals surface area contributed by atoms with Crippen molar-refractivity contribution in [2.45, 2.75) is 32.6 Å². The van der Waals surface area contributed by atoms with Gasteiger partial charge in [-0.15, -0.1) is 0 Å². The van der Waals surface area contributed by atoms with Crippen LogP contribution in [0.2, 0.25) is 0 Å². The number of carbonyl (C=O) groups is 2. The molecule has 2 fully saturated rings. The van der Waals surface area contributed by atoms with Crippen LogP contribution in [0, 0.1) is 0 Å². The molecule has 8 nitrogen and oxygen atoms in total. The fraction of sp³-hybridized carbons (Fsp3) is 0.619. The summed E-state index contributed by atoms with van der Waals surface area (Å²) in [5, 5.41) is 2.94. The zero-order chi connectivity index (χ0) is 21.9. The van der Waals surface area contributed by atoms with Crippen LogP contribution < -0.4 is 5.32 Å². The average Bonchev–Trinajstić information content (AvgIpc) is 2.93. The molecule has 1 aromatic carbocycles. The minimum absolute atomic E-state index is 0.0229. The van der Waals surface area contributed by atoms with Crippen molar-refractivity contribution in [2.24, 2.45) is 0 Å². The smallest absolute Gasteiger partial charge is 0.321 e. The van der Waals surface area contributed by atoms with E-state index in [1.807, 2.05) is 24.3 Å². The molecule has 9 heteroatoms. The summed E-state index contributed by atoms with van der Waals surface area (Å²) >= 11 is 0. The van der Waals surface area contributed by atoms with Crippen LogP contribution in [-0.4, -0.2) is 86.0 Å². The lowest BCUT2D eigenvalue weighted by molar-refractivity contribution is 0.157. The number of benzene rings is 1. The molecule has 0 aliphatic carbocycles. The molecule has 0 spiro atoms. The first-order chi connectivity index (χ1) is 14.0. The summed E-state index contributed by atoms with van der Waals surface area (Å²) < 4.78 is 23.2. The molecule has 1 N–H and O–H groups in total. The van der Waals surface area contributed by atoms with Gasteiger partial charge < -0.3 is 20.0 Å². The monoisotopic (exact) mass is 436 g/mol. The number of nitrogens with zero attached hydrogens (tertiary/aromatic N) is 3. The van der Waals surface area contributed by atoms with Crippen molar-refractivity contribution in [2.75, 3.05) is 56.1 Å². The fourth-order valence-corrected chi connectivity index (χ4v) is 4.87. The Bertz CT molecular complexity index is 863. The van der Waals surface area contributed by atoms with E-state index < -0.39 is 9.84 Å². The van der Waals surface area contributed by atoms with Crippen molar-refractivity contribution >= 4 is 27.6 Å². The predicted octanol–water partition coefficient (Wildman–Crippen LogP) is 2.37. The Labute approximate surface area is 179 Å². The van der Waals surface area contributed by atoms with Crippen molar-refractivity contribution in [1.82, 2.24) is 14.7 Å². The van der Waals surface area contributed by atoms with Crippen molar-refractivity contribution in [3.05, 3.63) is 29.8 Å². The normalized spacial score (nSPS) is 19.9. The average molecular weight is 437 g/mol. The largest absolute Gasteiger partial charge is 0.323 e. The van der Waals surface area contributed by atoms with E-state index in [0.717, 1.165) is 5.69 Å². The molecule has 0 atom stereocenters. The van der Waals surface area contributed by atoms with E-state index in [4.69, 9.17) is 0 Å². The van der Waals surface area contributed by atoms with Crippen LogP contribution in [0.5, 0.6) is 0 Å². The molecule has 3 rings (SSSR count). The van der Waals surface area contributed by atoms with Crippen LogP contribution >= 0.6 is 0 Å². The number of carbonyl (C=O) groups excluding carboxylic acids is 2. The van der Waals surface area contributed by atoms with Crippen molar-refractivity contribution in [3.8, 4) is 0 Å². The van der Waals surface area contributed by atoms with Crippen LogP contribution in [0.3, 0.4) is 0 Å². The van der Waals surface area contributed by atoms with Crippen molar-refractivity contribution < 1.29 is 18.0 Å². The van der Waals surface area contributed by atoms with Gasteiger partial charge in [0, 0.05) is 45.0 Å². The Morgan fingerprint density at radius 2 is 1.37 bits per heavy atom. The van der Waals surface area contributed by atoms with E-state index in [-0.39, 0.29) is 42.1 Å². The van der Waals surface area contributed by atoms with E-state index in [9.17, 15) is 18.0 Å². The SMILES string of the molecule is CC(C)(C)c1ccc(NC(=O)N2CCCN(C(=O)N3CCS(=O)(=O)CC3)CC2)cc1. The summed E-state index contributed by atoms with van der Waals surface area (Å²) in [6.45, 7) is 8.95. The summed E-state index contributed by atoms with van der Waals surface area (Å²) in [6.07, 6.45) is 0.689. The van der Waals surface area contributed by atoms with Gasteiger partial charge in [-0.25, -0.2) is 18.0 Å². The fourth-order valence-electron chi connectivity index (χ4n) is 3.67. The molecule has 0 bridgehead atoms. The van der Waals surface area contributed by atoms with Crippen molar-refractivity contribution in [1.29, 1.82) is 0 Å². The molecule has 0 unspecified atom stereocenters. The van der Waals surface area contributed by atoms with Gasteiger partial charge in [0.25, 0.3) is 0 Å². The Kier molecular flexibility index (Phi) is 6.59. The van der Waals surface area contributed by atoms with Gasteiger partial charge in [0.15, 0.2) is 9.84 Å². The Balaban J connectivity index is 1.53. The van der Waals surface area contributed by atoms with E-state index in [1.54, 1.807) is 14.7 Å². The molecular weight excluding hydrogens is 404 g/mol. The summed E-state index contributed by atoms with van der Waals surface area (Å²) in [4.78, 5) is 30.5. The second-order valence-electron chi connectivity index (χ2n) is 9.01. The van der Waals surface area contributed by atoms with Gasteiger partial charge in [-0.2, -0.15) is 0 Å². The number of rotatable bonds is 1. The van der Waals surface area contributed by atoms with Gasteiger partial charge in [0.2, 0.25) is 0 Å². The highest BCUT2D eigenvalue weighted by Crippen LogP contribution is 2.23. The highest BCUT2D eigenvalue weighted by Gasteiger charge is 2.29. The molecule has 0 saturated carbocycles. The number of anilines is 1. The summed E-state index contributed by atoms with van der Waals surface area (Å²) in [6, 6.07) is 7.57. The van der Waals surface area contributed by atoms with Gasteiger partial charge in [0.05, 0.1) is 11.5 Å². The Morgan fingerprint density at radius 1 is 0.833 bits per heavy atom. The van der Waals surface area contributed by atoms with Crippen LogP contribution in [-0.2, 0) is 15.3 Å². The topological polar surface area (TPSA) is 90.0 Å². The Morgan fingerprint density at radius 3 is 1.97 bits per heavy atom. The molecule has 2 heterocycles. The zero-order valence-electron chi connectivity index (χ0n) is 18.1. The van der Waals surface area contributed by atoms with Gasteiger partial charge in [-0.3, -0.25) is 0 Å². The third kappa shape index (κ3) is 5.65. The first-order valence-electron chi connectivity index (χ1n) is 10.5. The maximum absolute atomic E-state index is 12.7. The number of nitrogens with one attached hydrogen (secondary N) is 1. The summed E-state index contributed by atoms with van der Waals surface area (Å²) in [5.41, 5.74) is 2.01. The van der Waals surface area contributed by atoms with Crippen LogP contribution in [0.1, 0.15) is 32.8 Å². The molecule has 0 aromatic heterocycles. The van der Waals surface area contributed by atoms with Crippen LogP contribution in [0.15, 0.2) is 24.3 Å². The highest BCUT2D eigenvalue weighted by molar-refractivity contribution is 7.91. The molecule has 30 heavy (non-hydrogen) atoms. The predicted molar refractivity (Wildman–Crippen MR) is 118 cm³/mol. The standard InChI is InChI=1S/C21H32N4O4S/c1-21(2,3)17-5-7-18(8-6-17)22-19(26)23-9-4-10-24(12-11-23)20(27)25-13-15-30(28,29)16-14-25/h5-8H,4,9-16H2,1-3H3,(H,22,26). The lowest BCUT2D eigenvalue weighted by Crippen LogP contribution is -2.50. The second-order valence-corrected chi connectivity index (χ2v) is 11.3. The molecule has 1 aromatic rings. The van der Waals surface area contributed by atoms with Crippen molar-refractivity contribution in [3.63, 3.8) is 0 Å². The number of urea groups is 2. The first-order valence-corrected chi connectivity index (χ1v) is 12.3. The van der Waals surface area contributed by atoms with E-state index in [2.05, 4.69) is 26.1 Å². The second kappa shape index (κ2) is 8.83. The Hall–Kier alpha value is -2.29. The quantitative estimate of drug-likeness (QED) is 0.732. The number of hydrogen-bond donors (Lipinski definition) is 1. The minimum Gasteiger partial charge on any atom is -0.323 e. The van der Waals surface area contributed by atoms with Gasteiger partial charge in [-0.05, 0) is 29.5 Å². The van der Waals surface area contributed by atoms with E-state index in [1.165, 1.54) is 5.56 Å². The van der Waals surface area contributed by atoms with Gasteiger partial charge in [-0.1, -0.05) is 32.9 Å². The molecular formula is C21H32N4O4S. The maximum atomic E-state index is 12.7. The van der Waals surface area contributed by atoms with Gasteiger partial charge in [0.1, 0.15) is 0 Å². The van der Waals surface area contributed by atoms with Crippen LogP contribution in [0.4, 0.5) is 15.3 Å². The molecule has 2 saturated heterocycles. The third-order valence-electron chi connectivity index (χ3n) is 5.67. The minimum atomic E-state index is -3.02. The van der Waals surface area contributed by atoms with Gasteiger partial charge >= 0.3 is 12.1 Å². The lowest BCUT2D eigenvalue weighted by atomic mass is 9.87. The summed E-state index contributed by atoms with van der Waals surface area (Å²) in [7, 11) is -3.02. The molecule has 166 valence electrons. The number of amides is 4. The number of hydrogen-bond acceptors (Lipinski definition) is 4. The number of sulfone groups is 1. The maximum Gasteiger partial charge on any atom is 0.321 e. The molecule has 2 aliphatic rings. The van der Waals surface area contributed by atoms with E-state index >= 15 is 0 Å². The highest BCUT2D eigenvalue weighted by atomic mass is 32.2. The molecule has 0 radical (unpaired) electrons. The molecule has 2 aliphatic heterocycles. The van der Waals surface area contributed by atoms with E-state index in [0.29, 0.717) is 32.6 Å². The summed E-state index contributed by atoms with van der Waals surface area (Å²) in [5.74, 6) is 0.0459.